The van der Waals surface area contributed by atoms with Crippen LogP contribution in [0.1, 0.15) is 20.7 Å². The molecule has 0 unspecified atom stereocenters. The maximum Gasteiger partial charge on any atom is 0.337 e. The van der Waals surface area contributed by atoms with Crippen molar-refractivity contribution in [3.8, 4) is 0 Å². The molecule has 1 N–H and O–H groups in total. The Bertz CT molecular complexity index is 747. The second-order valence-electron chi connectivity index (χ2n) is 4.27. The zero-order valence-corrected chi connectivity index (χ0v) is 13.6. The van der Waals surface area contributed by atoms with E-state index >= 15 is 0 Å². The molecule has 22 heavy (non-hydrogen) atoms. The number of anilines is 1. The lowest BCUT2D eigenvalue weighted by Crippen LogP contribution is -2.13. The van der Waals surface area contributed by atoms with Gasteiger partial charge < -0.3 is 10.1 Å². The number of rotatable bonds is 3. The van der Waals surface area contributed by atoms with Gasteiger partial charge in [-0.25, -0.2) is 4.79 Å². The Labute approximate surface area is 141 Å². The van der Waals surface area contributed by atoms with E-state index in [1.165, 1.54) is 43.5 Å². The van der Waals surface area contributed by atoms with Crippen molar-refractivity contribution in [2.24, 2.45) is 0 Å². The molecule has 0 atom stereocenters. The van der Waals surface area contributed by atoms with Crippen molar-refractivity contribution in [1.29, 1.82) is 0 Å². The van der Waals surface area contributed by atoms with E-state index in [2.05, 4.69) is 10.1 Å². The standard InChI is InChI=1S/C15H10Cl3NO3/c1-22-15(21)9-3-5-11(17)13(7-9)19-14(20)8-2-4-10(16)12(18)6-8/h2-7H,1H3,(H,19,20). The topological polar surface area (TPSA) is 55.4 Å². The quantitative estimate of drug-likeness (QED) is 0.810. The number of amides is 1. The molecule has 0 fully saturated rings. The summed E-state index contributed by atoms with van der Waals surface area (Å²) >= 11 is 17.7. The van der Waals surface area contributed by atoms with Crippen LogP contribution in [0.25, 0.3) is 0 Å². The van der Waals surface area contributed by atoms with Gasteiger partial charge in [-0.15, -0.1) is 0 Å². The molecule has 2 aromatic rings. The number of hydrogen-bond donors (Lipinski definition) is 1. The van der Waals surface area contributed by atoms with Gasteiger partial charge >= 0.3 is 5.97 Å². The van der Waals surface area contributed by atoms with Crippen molar-refractivity contribution >= 4 is 52.4 Å². The van der Waals surface area contributed by atoms with E-state index in [0.29, 0.717) is 21.3 Å². The summed E-state index contributed by atoms with van der Waals surface area (Å²) in [4.78, 5) is 23.7. The summed E-state index contributed by atoms with van der Waals surface area (Å²) in [6, 6.07) is 8.93. The summed E-state index contributed by atoms with van der Waals surface area (Å²) < 4.78 is 4.62. The van der Waals surface area contributed by atoms with Crippen LogP contribution in [-0.2, 0) is 4.74 Å². The summed E-state index contributed by atoms with van der Waals surface area (Å²) in [6.07, 6.45) is 0. The smallest absolute Gasteiger partial charge is 0.337 e. The molecule has 0 radical (unpaired) electrons. The zero-order valence-electron chi connectivity index (χ0n) is 11.3. The number of carbonyl (C=O) groups is 2. The van der Waals surface area contributed by atoms with Crippen LogP contribution < -0.4 is 5.32 Å². The van der Waals surface area contributed by atoms with Crippen LogP contribution in [0.3, 0.4) is 0 Å². The Balaban J connectivity index is 2.27. The van der Waals surface area contributed by atoms with Crippen molar-refractivity contribution in [2.45, 2.75) is 0 Å². The lowest BCUT2D eigenvalue weighted by atomic mass is 10.1. The van der Waals surface area contributed by atoms with Gasteiger partial charge in [0.05, 0.1) is 33.4 Å². The number of carbonyl (C=O) groups excluding carboxylic acids is 2. The number of nitrogens with one attached hydrogen (secondary N) is 1. The molecule has 0 aliphatic carbocycles. The first-order valence-corrected chi connectivity index (χ1v) is 7.20. The van der Waals surface area contributed by atoms with E-state index in [9.17, 15) is 9.59 Å². The third kappa shape index (κ3) is 3.71. The molecule has 0 aromatic heterocycles. The van der Waals surface area contributed by atoms with Crippen molar-refractivity contribution in [2.75, 3.05) is 12.4 Å². The van der Waals surface area contributed by atoms with Gasteiger partial charge in [-0.05, 0) is 36.4 Å². The Morgan fingerprint density at radius 2 is 1.55 bits per heavy atom. The van der Waals surface area contributed by atoms with Gasteiger partial charge in [0.2, 0.25) is 0 Å². The van der Waals surface area contributed by atoms with Crippen molar-refractivity contribution in [3.05, 3.63) is 62.6 Å². The van der Waals surface area contributed by atoms with Crippen molar-refractivity contribution in [3.63, 3.8) is 0 Å². The first-order chi connectivity index (χ1) is 10.4. The number of esters is 1. The van der Waals surface area contributed by atoms with Crippen molar-refractivity contribution in [1.82, 2.24) is 0 Å². The number of hydrogen-bond acceptors (Lipinski definition) is 3. The predicted molar refractivity (Wildman–Crippen MR) is 87.2 cm³/mol. The molecule has 2 rings (SSSR count). The monoisotopic (exact) mass is 357 g/mol. The first kappa shape index (κ1) is 16.6. The molecular weight excluding hydrogens is 349 g/mol. The van der Waals surface area contributed by atoms with Crippen LogP contribution in [0.5, 0.6) is 0 Å². The fraction of sp³-hybridized carbons (Fsp3) is 0.0667. The van der Waals surface area contributed by atoms with Crippen LogP contribution in [0.15, 0.2) is 36.4 Å². The van der Waals surface area contributed by atoms with Gasteiger partial charge in [0.25, 0.3) is 5.91 Å². The molecule has 0 spiro atoms. The van der Waals surface area contributed by atoms with E-state index in [1.54, 1.807) is 0 Å². The Morgan fingerprint density at radius 1 is 0.909 bits per heavy atom. The minimum absolute atomic E-state index is 0.267. The normalized spacial score (nSPS) is 10.2. The highest BCUT2D eigenvalue weighted by atomic mass is 35.5. The van der Waals surface area contributed by atoms with Crippen molar-refractivity contribution < 1.29 is 14.3 Å². The summed E-state index contributed by atoms with van der Waals surface area (Å²) in [5.41, 5.74) is 0.880. The molecule has 0 aliphatic heterocycles. The Hall–Kier alpha value is -1.75. The average molecular weight is 359 g/mol. The Kier molecular flexibility index (Phi) is 5.29. The molecule has 2 aromatic carbocycles. The van der Waals surface area contributed by atoms with Crippen LogP contribution in [0, 0.1) is 0 Å². The summed E-state index contributed by atoms with van der Waals surface area (Å²) in [6.45, 7) is 0. The van der Waals surface area contributed by atoms with E-state index < -0.39 is 11.9 Å². The molecule has 114 valence electrons. The molecule has 0 heterocycles. The van der Waals surface area contributed by atoms with Gasteiger partial charge in [-0.1, -0.05) is 34.8 Å². The molecule has 4 nitrogen and oxygen atoms in total. The fourth-order valence-electron chi connectivity index (χ4n) is 1.70. The number of ether oxygens (including phenoxy) is 1. The molecule has 0 aliphatic rings. The van der Waals surface area contributed by atoms with Crippen LogP contribution in [0.4, 0.5) is 5.69 Å². The number of halogens is 3. The zero-order chi connectivity index (χ0) is 16.3. The van der Waals surface area contributed by atoms with E-state index in [1.807, 2.05) is 0 Å². The SMILES string of the molecule is COC(=O)c1ccc(Cl)c(NC(=O)c2ccc(Cl)c(Cl)c2)c1. The minimum Gasteiger partial charge on any atom is -0.465 e. The maximum atomic E-state index is 12.2. The molecular formula is C15H10Cl3NO3. The third-order valence-corrected chi connectivity index (χ3v) is 3.89. The highest BCUT2D eigenvalue weighted by molar-refractivity contribution is 6.42. The average Bonchev–Trinajstić information content (AvgIpc) is 2.51. The first-order valence-electron chi connectivity index (χ1n) is 6.06. The van der Waals surface area contributed by atoms with Crippen LogP contribution in [-0.4, -0.2) is 19.0 Å². The van der Waals surface area contributed by atoms with Gasteiger partial charge in [-0.3, -0.25) is 4.79 Å². The summed E-state index contributed by atoms with van der Waals surface area (Å²) in [5, 5.41) is 3.52. The van der Waals surface area contributed by atoms with Gasteiger partial charge in [0.15, 0.2) is 0 Å². The molecule has 0 bridgehead atoms. The fourth-order valence-corrected chi connectivity index (χ4v) is 2.16. The second-order valence-corrected chi connectivity index (χ2v) is 5.49. The highest BCUT2D eigenvalue weighted by Crippen LogP contribution is 2.26. The minimum atomic E-state index is -0.526. The van der Waals surface area contributed by atoms with E-state index in [0.717, 1.165) is 0 Å². The molecule has 0 saturated carbocycles. The molecule has 1 amide bonds. The number of methoxy groups -OCH3 is 1. The number of benzene rings is 2. The lowest BCUT2D eigenvalue weighted by Gasteiger charge is -2.09. The predicted octanol–water partition coefficient (Wildman–Crippen LogP) is 4.69. The largest absolute Gasteiger partial charge is 0.465 e. The third-order valence-electron chi connectivity index (χ3n) is 2.82. The Morgan fingerprint density at radius 3 is 2.18 bits per heavy atom. The summed E-state index contributed by atoms with van der Waals surface area (Å²) in [7, 11) is 1.27. The van der Waals surface area contributed by atoms with Crippen LogP contribution in [0.2, 0.25) is 15.1 Å². The molecule has 0 saturated heterocycles. The highest BCUT2D eigenvalue weighted by Gasteiger charge is 2.13. The second kappa shape index (κ2) is 7.01. The van der Waals surface area contributed by atoms with Gasteiger partial charge in [0, 0.05) is 5.56 Å². The van der Waals surface area contributed by atoms with Gasteiger partial charge in [0.1, 0.15) is 0 Å². The maximum absolute atomic E-state index is 12.2. The summed E-state index contributed by atoms with van der Waals surface area (Å²) in [5.74, 6) is -0.954. The van der Waals surface area contributed by atoms with Gasteiger partial charge in [-0.2, -0.15) is 0 Å². The lowest BCUT2D eigenvalue weighted by molar-refractivity contribution is 0.0600. The van der Waals surface area contributed by atoms with E-state index in [4.69, 9.17) is 34.8 Å². The van der Waals surface area contributed by atoms with Crippen LogP contribution >= 0.6 is 34.8 Å². The molecule has 7 heteroatoms. The van der Waals surface area contributed by atoms with E-state index in [-0.39, 0.29) is 10.6 Å².